The Morgan fingerprint density at radius 3 is 2.57 bits per heavy atom. The Morgan fingerprint density at radius 2 is 1.93 bits per heavy atom. The predicted octanol–water partition coefficient (Wildman–Crippen LogP) is 3.85. The van der Waals surface area contributed by atoms with Crippen LogP contribution in [0.2, 0.25) is 5.02 Å². The first-order valence-corrected chi connectivity index (χ1v) is 9.14. The highest BCUT2D eigenvalue weighted by atomic mass is 35.5. The van der Waals surface area contributed by atoms with Crippen LogP contribution in [-0.2, 0) is 6.54 Å². The van der Waals surface area contributed by atoms with Crippen LogP contribution in [0.5, 0.6) is 0 Å². The van der Waals surface area contributed by atoms with Crippen molar-refractivity contribution in [1.29, 1.82) is 0 Å². The summed E-state index contributed by atoms with van der Waals surface area (Å²) in [7, 11) is 0. The van der Waals surface area contributed by atoms with E-state index in [1.807, 2.05) is 18.2 Å². The van der Waals surface area contributed by atoms with Gasteiger partial charge in [0, 0.05) is 42.3 Å². The molecule has 3 N–H and O–H groups in total. The summed E-state index contributed by atoms with van der Waals surface area (Å²) in [4.78, 5) is 25.3. The van der Waals surface area contributed by atoms with E-state index in [2.05, 4.69) is 5.32 Å². The van der Waals surface area contributed by atoms with Crippen molar-refractivity contribution < 1.29 is 9.72 Å². The molecule has 0 saturated carbocycles. The minimum Gasteiger partial charge on any atom is -0.375 e. The second-order valence-electron chi connectivity index (χ2n) is 6.56. The number of anilines is 1. The van der Waals surface area contributed by atoms with Crippen molar-refractivity contribution in [3.63, 3.8) is 0 Å². The summed E-state index contributed by atoms with van der Waals surface area (Å²) in [5.74, 6) is -0.206. The SMILES string of the molecule is Cl.NC1CCN(C(=O)c2ccc(NCc3ccccc3Cl)c([N+](=O)[O-])c2)CC1. The number of halogens is 2. The van der Waals surface area contributed by atoms with Gasteiger partial charge in [0.2, 0.25) is 0 Å². The maximum absolute atomic E-state index is 12.6. The number of likely N-dealkylation sites (tertiary alicyclic amines) is 1. The fraction of sp³-hybridized carbons (Fsp3) is 0.316. The van der Waals surface area contributed by atoms with Gasteiger partial charge in [-0.15, -0.1) is 12.4 Å². The first-order chi connectivity index (χ1) is 13.0. The first kappa shape index (κ1) is 21.9. The molecule has 1 saturated heterocycles. The number of carbonyl (C=O) groups excluding carboxylic acids is 1. The molecule has 3 rings (SSSR count). The second kappa shape index (κ2) is 9.73. The molecule has 2 aromatic carbocycles. The summed E-state index contributed by atoms with van der Waals surface area (Å²) in [6.45, 7) is 1.48. The molecule has 28 heavy (non-hydrogen) atoms. The third-order valence-corrected chi connectivity index (χ3v) is 5.06. The van der Waals surface area contributed by atoms with Gasteiger partial charge in [-0.1, -0.05) is 29.8 Å². The third-order valence-electron chi connectivity index (χ3n) is 4.70. The van der Waals surface area contributed by atoms with E-state index in [1.165, 1.54) is 6.07 Å². The van der Waals surface area contributed by atoms with Gasteiger partial charge >= 0.3 is 0 Å². The lowest BCUT2D eigenvalue weighted by molar-refractivity contribution is -0.384. The van der Waals surface area contributed by atoms with Crippen LogP contribution >= 0.6 is 24.0 Å². The van der Waals surface area contributed by atoms with Crippen molar-refractivity contribution in [2.24, 2.45) is 5.73 Å². The molecule has 1 fully saturated rings. The number of nitro groups is 1. The zero-order chi connectivity index (χ0) is 19.4. The van der Waals surface area contributed by atoms with E-state index in [4.69, 9.17) is 17.3 Å². The monoisotopic (exact) mass is 424 g/mol. The smallest absolute Gasteiger partial charge is 0.293 e. The van der Waals surface area contributed by atoms with Crippen LogP contribution < -0.4 is 11.1 Å². The number of nitrogens with one attached hydrogen (secondary N) is 1. The molecule has 2 aromatic rings. The zero-order valence-corrected chi connectivity index (χ0v) is 16.7. The number of piperidine rings is 1. The molecule has 0 aromatic heterocycles. The van der Waals surface area contributed by atoms with Gasteiger partial charge in [-0.25, -0.2) is 0 Å². The molecule has 1 amide bonds. The predicted molar refractivity (Wildman–Crippen MR) is 112 cm³/mol. The molecule has 7 nitrogen and oxygen atoms in total. The number of rotatable bonds is 5. The van der Waals surface area contributed by atoms with Crippen LogP contribution in [-0.4, -0.2) is 34.9 Å². The van der Waals surface area contributed by atoms with Crippen molar-refractivity contribution in [3.05, 3.63) is 68.7 Å². The van der Waals surface area contributed by atoms with Crippen molar-refractivity contribution in [2.75, 3.05) is 18.4 Å². The Bertz CT molecular complexity index is 855. The molecule has 1 aliphatic rings. The van der Waals surface area contributed by atoms with Gasteiger partial charge in [-0.3, -0.25) is 14.9 Å². The quantitative estimate of drug-likeness (QED) is 0.560. The van der Waals surface area contributed by atoms with Gasteiger partial charge in [0.1, 0.15) is 5.69 Å². The summed E-state index contributed by atoms with van der Waals surface area (Å²) in [5, 5.41) is 15.1. The fourth-order valence-electron chi connectivity index (χ4n) is 3.08. The lowest BCUT2D eigenvalue weighted by atomic mass is 10.0. The van der Waals surface area contributed by atoms with Crippen LogP contribution in [0.25, 0.3) is 0 Å². The van der Waals surface area contributed by atoms with E-state index >= 15 is 0 Å². The van der Waals surface area contributed by atoms with Gasteiger partial charge < -0.3 is 16.0 Å². The number of hydrogen-bond acceptors (Lipinski definition) is 5. The Labute approximate surface area is 174 Å². The maximum atomic E-state index is 12.6. The molecule has 9 heteroatoms. The number of benzene rings is 2. The third kappa shape index (κ3) is 5.13. The minimum absolute atomic E-state index is 0. The molecule has 0 bridgehead atoms. The lowest BCUT2D eigenvalue weighted by Gasteiger charge is -2.30. The highest BCUT2D eigenvalue weighted by Gasteiger charge is 2.24. The topological polar surface area (TPSA) is 102 Å². The Hall–Kier alpha value is -2.35. The summed E-state index contributed by atoms with van der Waals surface area (Å²) in [5.41, 5.74) is 7.21. The molecule has 0 radical (unpaired) electrons. The number of amides is 1. The molecule has 150 valence electrons. The van der Waals surface area contributed by atoms with Gasteiger partial charge in [-0.2, -0.15) is 0 Å². The number of nitrogens with zero attached hydrogens (tertiary/aromatic N) is 2. The van der Waals surface area contributed by atoms with E-state index in [-0.39, 0.29) is 30.0 Å². The minimum atomic E-state index is -0.488. The van der Waals surface area contributed by atoms with E-state index in [1.54, 1.807) is 23.1 Å². The van der Waals surface area contributed by atoms with Gasteiger partial charge in [-0.05, 0) is 36.6 Å². The average molecular weight is 425 g/mol. The van der Waals surface area contributed by atoms with Gasteiger partial charge in [0.25, 0.3) is 11.6 Å². The summed E-state index contributed by atoms with van der Waals surface area (Å²) in [6, 6.07) is 11.9. The number of hydrogen-bond donors (Lipinski definition) is 2. The van der Waals surface area contributed by atoms with Crippen LogP contribution in [0.3, 0.4) is 0 Å². The first-order valence-electron chi connectivity index (χ1n) is 8.76. The van der Waals surface area contributed by atoms with Crippen LogP contribution in [0.4, 0.5) is 11.4 Å². The van der Waals surface area contributed by atoms with Crippen LogP contribution in [0, 0.1) is 10.1 Å². The number of nitro benzene ring substituents is 1. The second-order valence-corrected chi connectivity index (χ2v) is 6.97. The van der Waals surface area contributed by atoms with Gasteiger partial charge in [0.05, 0.1) is 4.92 Å². The standard InChI is InChI=1S/C19H21ClN4O3.ClH/c20-16-4-2-1-3-14(16)12-22-17-6-5-13(11-18(17)24(26)27)19(25)23-9-7-15(21)8-10-23;/h1-6,11,15,22H,7-10,12,21H2;1H. The molecule has 0 spiro atoms. The Morgan fingerprint density at radius 1 is 1.25 bits per heavy atom. The highest BCUT2D eigenvalue weighted by Crippen LogP contribution is 2.28. The Kier molecular flexibility index (Phi) is 7.62. The van der Waals surface area contributed by atoms with Crippen molar-refractivity contribution >= 4 is 41.3 Å². The molecule has 0 unspecified atom stereocenters. The summed E-state index contributed by atoms with van der Waals surface area (Å²) in [6.07, 6.45) is 1.48. The normalized spacial score (nSPS) is 14.3. The van der Waals surface area contributed by atoms with Crippen molar-refractivity contribution in [3.8, 4) is 0 Å². The van der Waals surface area contributed by atoms with E-state index < -0.39 is 4.92 Å². The van der Waals surface area contributed by atoms with Gasteiger partial charge in [0.15, 0.2) is 0 Å². The Balaban J connectivity index is 0.00000280. The molecule has 0 aliphatic carbocycles. The molecular formula is C19H22Cl2N4O3. The average Bonchev–Trinajstić information content (AvgIpc) is 2.67. The molecule has 1 aliphatic heterocycles. The summed E-state index contributed by atoms with van der Waals surface area (Å²) < 4.78 is 0. The van der Waals surface area contributed by atoms with E-state index in [0.717, 1.165) is 18.4 Å². The molecular weight excluding hydrogens is 403 g/mol. The fourth-order valence-corrected chi connectivity index (χ4v) is 3.29. The van der Waals surface area contributed by atoms with Crippen molar-refractivity contribution in [2.45, 2.75) is 25.4 Å². The summed E-state index contributed by atoms with van der Waals surface area (Å²) >= 11 is 6.12. The zero-order valence-electron chi connectivity index (χ0n) is 15.1. The maximum Gasteiger partial charge on any atom is 0.293 e. The number of carbonyl (C=O) groups is 1. The van der Waals surface area contributed by atoms with E-state index in [0.29, 0.717) is 35.9 Å². The van der Waals surface area contributed by atoms with Crippen molar-refractivity contribution in [1.82, 2.24) is 4.90 Å². The lowest BCUT2D eigenvalue weighted by Crippen LogP contribution is -2.42. The van der Waals surface area contributed by atoms with Crippen LogP contribution in [0.15, 0.2) is 42.5 Å². The van der Waals surface area contributed by atoms with Crippen LogP contribution in [0.1, 0.15) is 28.8 Å². The van der Waals surface area contributed by atoms with E-state index in [9.17, 15) is 14.9 Å². The highest BCUT2D eigenvalue weighted by molar-refractivity contribution is 6.31. The largest absolute Gasteiger partial charge is 0.375 e. The molecule has 1 heterocycles. The molecule has 0 atom stereocenters. The number of nitrogens with two attached hydrogens (primary N) is 1.